The van der Waals surface area contributed by atoms with Crippen molar-refractivity contribution >= 4 is 22.9 Å². The number of pyridine rings is 1. The summed E-state index contributed by atoms with van der Waals surface area (Å²) in [6.45, 7) is 1.54. The van der Waals surface area contributed by atoms with Gasteiger partial charge in [-0.1, -0.05) is 36.8 Å². The van der Waals surface area contributed by atoms with E-state index in [1.54, 1.807) is 25.3 Å². The highest BCUT2D eigenvalue weighted by atomic mass is 16.5. The molecule has 1 spiro atoms. The predicted octanol–water partition coefficient (Wildman–Crippen LogP) is 4.45. The molecule has 132 valence electrons. The second-order valence-electron chi connectivity index (χ2n) is 7.04. The van der Waals surface area contributed by atoms with Gasteiger partial charge in [-0.2, -0.15) is 0 Å². The van der Waals surface area contributed by atoms with Crippen molar-refractivity contribution in [1.82, 2.24) is 4.98 Å². The molecule has 1 aromatic carbocycles. The minimum atomic E-state index is -0.750. The minimum Gasteiger partial charge on any atom is -0.478 e. The van der Waals surface area contributed by atoms with Crippen LogP contribution in [-0.2, 0) is 9.53 Å². The number of aromatic nitrogens is 1. The average Bonchev–Trinajstić information content (AvgIpc) is 2.95. The molecule has 0 bridgehead atoms. The molecule has 1 saturated carbocycles. The number of hydrogen-bond acceptors (Lipinski definition) is 4. The highest BCUT2D eigenvalue weighted by Gasteiger charge is 2.50. The van der Waals surface area contributed by atoms with Crippen LogP contribution in [0.2, 0.25) is 0 Å². The molecule has 0 radical (unpaired) electrons. The Morgan fingerprint density at radius 2 is 1.77 bits per heavy atom. The number of ketones is 2. The lowest BCUT2D eigenvalue weighted by Crippen LogP contribution is -2.39. The summed E-state index contributed by atoms with van der Waals surface area (Å²) < 4.78 is 6.36. The summed E-state index contributed by atoms with van der Waals surface area (Å²) in [5.74, 6) is 0.648. The van der Waals surface area contributed by atoms with Gasteiger partial charge in [0.1, 0.15) is 5.76 Å². The SMILES string of the molecule is CC(=O)c1ccc(C2=C(c3ccccn3)C(=O)C3(CCCCC3)O2)cc1. The highest BCUT2D eigenvalue weighted by molar-refractivity contribution is 6.32. The third-order valence-corrected chi connectivity index (χ3v) is 5.30. The monoisotopic (exact) mass is 347 g/mol. The number of carbonyl (C=O) groups excluding carboxylic acids is 2. The maximum atomic E-state index is 13.4. The summed E-state index contributed by atoms with van der Waals surface area (Å²) in [4.78, 5) is 29.3. The molecular weight excluding hydrogens is 326 g/mol. The van der Waals surface area contributed by atoms with Gasteiger partial charge in [-0.15, -0.1) is 0 Å². The highest BCUT2D eigenvalue weighted by Crippen LogP contribution is 2.47. The van der Waals surface area contributed by atoms with E-state index < -0.39 is 5.60 Å². The van der Waals surface area contributed by atoms with Crippen molar-refractivity contribution < 1.29 is 14.3 Å². The van der Waals surface area contributed by atoms with Gasteiger partial charge in [-0.05, 0) is 44.7 Å². The van der Waals surface area contributed by atoms with Gasteiger partial charge in [-0.25, -0.2) is 0 Å². The summed E-state index contributed by atoms with van der Waals surface area (Å²) in [6.07, 6.45) is 6.32. The molecule has 2 heterocycles. The number of benzene rings is 1. The van der Waals surface area contributed by atoms with E-state index in [1.807, 2.05) is 30.3 Å². The van der Waals surface area contributed by atoms with E-state index in [-0.39, 0.29) is 11.6 Å². The third kappa shape index (κ3) is 2.75. The molecule has 2 aliphatic rings. The predicted molar refractivity (Wildman–Crippen MR) is 99.4 cm³/mol. The summed E-state index contributed by atoms with van der Waals surface area (Å²) in [6, 6.07) is 12.8. The van der Waals surface area contributed by atoms with Crippen LogP contribution in [0.25, 0.3) is 11.3 Å². The van der Waals surface area contributed by atoms with Gasteiger partial charge in [0.25, 0.3) is 0 Å². The van der Waals surface area contributed by atoms with Gasteiger partial charge in [0.15, 0.2) is 11.4 Å². The fourth-order valence-electron chi connectivity index (χ4n) is 3.88. The first-order valence-corrected chi connectivity index (χ1v) is 9.12. The first-order valence-electron chi connectivity index (χ1n) is 9.12. The Morgan fingerprint density at radius 3 is 2.38 bits per heavy atom. The molecule has 1 aromatic heterocycles. The normalized spacial score (nSPS) is 18.9. The molecule has 26 heavy (non-hydrogen) atoms. The number of rotatable bonds is 3. The largest absolute Gasteiger partial charge is 0.478 e. The van der Waals surface area contributed by atoms with Crippen LogP contribution in [0.15, 0.2) is 48.7 Å². The third-order valence-electron chi connectivity index (χ3n) is 5.30. The molecule has 4 heteroatoms. The van der Waals surface area contributed by atoms with Crippen LogP contribution in [0.3, 0.4) is 0 Å². The van der Waals surface area contributed by atoms with Crippen molar-refractivity contribution in [3.05, 3.63) is 65.5 Å². The Morgan fingerprint density at radius 1 is 1.04 bits per heavy atom. The second-order valence-corrected chi connectivity index (χ2v) is 7.04. The van der Waals surface area contributed by atoms with Crippen LogP contribution >= 0.6 is 0 Å². The first kappa shape index (κ1) is 16.7. The summed E-state index contributed by atoms with van der Waals surface area (Å²) >= 11 is 0. The Labute approximate surface area is 152 Å². The van der Waals surface area contributed by atoms with E-state index in [2.05, 4.69) is 4.98 Å². The Kier molecular flexibility index (Phi) is 4.19. The molecule has 0 atom stereocenters. The quantitative estimate of drug-likeness (QED) is 0.770. The molecular formula is C22H21NO3. The molecule has 0 amide bonds. The van der Waals surface area contributed by atoms with Crippen molar-refractivity contribution in [3.63, 3.8) is 0 Å². The van der Waals surface area contributed by atoms with E-state index in [0.717, 1.165) is 37.7 Å². The minimum absolute atomic E-state index is 0.0163. The Balaban J connectivity index is 1.82. The maximum Gasteiger partial charge on any atom is 0.212 e. The zero-order valence-electron chi connectivity index (χ0n) is 14.8. The maximum absolute atomic E-state index is 13.4. The van der Waals surface area contributed by atoms with Crippen molar-refractivity contribution in [2.24, 2.45) is 0 Å². The van der Waals surface area contributed by atoms with Crippen LogP contribution in [0.5, 0.6) is 0 Å². The van der Waals surface area contributed by atoms with Crippen molar-refractivity contribution in [2.45, 2.75) is 44.6 Å². The molecule has 0 unspecified atom stereocenters. The zero-order chi connectivity index (χ0) is 18.1. The molecule has 0 N–H and O–H groups in total. The lowest BCUT2D eigenvalue weighted by atomic mass is 9.80. The van der Waals surface area contributed by atoms with Gasteiger partial charge in [-0.3, -0.25) is 14.6 Å². The van der Waals surface area contributed by atoms with E-state index in [1.165, 1.54) is 0 Å². The molecule has 1 aliphatic heterocycles. The summed E-state index contributed by atoms with van der Waals surface area (Å²) in [5, 5.41) is 0. The van der Waals surface area contributed by atoms with Crippen LogP contribution in [-0.4, -0.2) is 22.2 Å². The van der Waals surface area contributed by atoms with Crippen molar-refractivity contribution in [3.8, 4) is 0 Å². The molecule has 4 nitrogen and oxygen atoms in total. The van der Waals surface area contributed by atoms with Gasteiger partial charge < -0.3 is 4.74 Å². The number of hydrogen-bond donors (Lipinski definition) is 0. The summed E-state index contributed by atoms with van der Waals surface area (Å²) in [7, 11) is 0. The topological polar surface area (TPSA) is 56.3 Å². The number of Topliss-reactive ketones (excluding diaryl/α,β-unsaturated/α-hetero) is 2. The fourth-order valence-corrected chi connectivity index (χ4v) is 3.88. The lowest BCUT2D eigenvalue weighted by molar-refractivity contribution is -0.130. The van der Waals surface area contributed by atoms with Gasteiger partial charge in [0.05, 0.1) is 11.3 Å². The zero-order valence-corrected chi connectivity index (χ0v) is 14.8. The van der Waals surface area contributed by atoms with Crippen LogP contribution in [0.4, 0.5) is 0 Å². The second kappa shape index (κ2) is 6.52. The van der Waals surface area contributed by atoms with Gasteiger partial charge in [0.2, 0.25) is 5.78 Å². The van der Waals surface area contributed by atoms with Crippen molar-refractivity contribution in [2.75, 3.05) is 0 Å². The number of carbonyl (C=O) groups is 2. The van der Waals surface area contributed by atoms with Crippen LogP contribution < -0.4 is 0 Å². The Hall–Kier alpha value is -2.75. The molecule has 1 fully saturated rings. The van der Waals surface area contributed by atoms with E-state index in [0.29, 0.717) is 22.6 Å². The summed E-state index contributed by atoms with van der Waals surface area (Å²) in [5.41, 5.74) is 1.91. The van der Waals surface area contributed by atoms with E-state index in [4.69, 9.17) is 4.74 Å². The molecule has 0 saturated heterocycles. The number of nitrogens with zero attached hydrogens (tertiary/aromatic N) is 1. The molecule has 2 aromatic rings. The van der Waals surface area contributed by atoms with Crippen LogP contribution in [0.1, 0.15) is 60.6 Å². The molecule has 1 aliphatic carbocycles. The Bertz CT molecular complexity index is 875. The van der Waals surface area contributed by atoms with E-state index >= 15 is 0 Å². The molecule has 4 rings (SSSR count). The van der Waals surface area contributed by atoms with Crippen molar-refractivity contribution in [1.29, 1.82) is 0 Å². The first-order chi connectivity index (χ1) is 12.6. The van der Waals surface area contributed by atoms with E-state index in [9.17, 15) is 9.59 Å². The standard InChI is InChI=1S/C22H21NO3/c1-15(24)16-8-10-17(11-9-16)20-19(18-7-3-6-14-23-18)21(25)22(26-20)12-4-2-5-13-22/h3,6-11,14H,2,4-5,12-13H2,1H3. The van der Waals surface area contributed by atoms with Crippen LogP contribution in [0, 0.1) is 0 Å². The van der Waals surface area contributed by atoms with Gasteiger partial charge in [0, 0.05) is 17.3 Å². The number of ether oxygens (including phenoxy) is 1. The average molecular weight is 347 g/mol. The fraction of sp³-hybridized carbons (Fsp3) is 0.318. The lowest BCUT2D eigenvalue weighted by Gasteiger charge is -2.32. The smallest absolute Gasteiger partial charge is 0.212 e. The van der Waals surface area contributed by atoms with Gasteiger partial charge >= 0.3 is 0 Å².